The van der Waals surface area contributed by atoms with E-state index in [-0.39, 0.29) is 24.2 Å². The van der Waals surface area contributed by atoms with Crippen molar-refractivity contribution >= 4 is 0 Å². The van der Waals surface area contributed by atoms with Crippen molar-refractivity contribution in [3.63, 3.8) is 0 Å². The maximum Gasteiger partial charge on any atom is 0.353 e. The fraction of sp³-hybridized carbons (Fsp3) is 0.348. The lowest BCUT2D eigenvalue weighted by atomic mass is 10.2. The van der Waals surface area contributed by atoms with Crippen LogP contribution in [0.4, 0.5) is 0 Å². The van der Waals surface area contributed by atoms with Gasteiger partial charge in [-0.25, -0.2) is 4.79 Å². The largest absolute Gasteiger partial charge is 0.459 e. The summed E-state index contributed by atoms with van der Waals surface area (Å²) in [6.07, 6.45) is -0.668. The highest BCUT2D eigenvalue weighted by atomic mass is 16.6. The molecule has 0 saturated heterocycles. The Hall–Kier alpha value is -3.23. The van der Waals surface area contributed by atoms with Crippen LogP contribution in [-0.4, -0.2) is 40.4 Å². The zero-order chi connectivity index (χ0) is 21.9. The third-order valence-electron chi connectivity index (χ3n) is 4.16. The minimum absolute atomic E-state index is 0.0308. The average molecular weight is 425 g/mol. The molecule has 0 fully saturated rings. The maximum absolute atomic E-state index is 11.8. The molecule has 0 radical (unpaired) electrons. The number of hydrogen-bond acceptors (Lipinski definition) is 7. The molecular formula is C23H27N3O5. The van der Waals surface area contributed by atoms with Crippen LogP contribution < -0.4 is 15.2 Å². The quantitative estimate of drug-likeness (QED) is 0.476. The van der Waals surface area contributed by atoms with Crippen molar-refractivity contribution in [1.29, 1.82) is 0 Å². The number of rotatable bonds is 12. The van der Waals surface area contributed by atoms with E-state index in [0.29, 0.717) is 26.4 Å². The minimum Gasteiger partial charge on any atom is -0.459 e. The van der Waals surface area contributed by atoms with Gasteiger partial charge in [0.2, 0.25) is 0 Å². The van der Waals surface area contributed by atoms with Crippen LogP contribution in [0.3, 0.4) is 0 Å². The average Bonchev–Trinajstić information content (AvgIpc) is 2.75. The highest BCUT2D eigenvalue weighted by Gasteiger charge is 2.13. The summed E-state index contributed by atoms with van der Waals surface area (Å²) < 4.78 is 22.6. The topological polar surface area (TPSA) is 95.6 Å². The molecule has 0 spiro atoms. The molecule has 2 aromatic carbocycles. The highest BCUT2D eigenvalue weighted by molar-refractivity contribution is 5.14. The number of nitrogens with zero attached hydrogens (tertiary/aromatic N) is 2. The minimum atomic E-state index is -0.602. The van der Waals surface area contributed by atoms with E-state index < -0.39 is 5.69 Å². The first-order valence-corrected chi connectivity index (χ1v) is 10.1. The van der Waals surface area contributed by atoms with Gasteiger partial charge >= 0.3 is 17.7 Å². The molecule has 0 saturated carbocycles. The SMILES string of the molecule is CC(COCc1ccccc1)Oc1nc(OC(C)COCc2ccccc2)[nH]c(=O)n1. The van der Waals surface area contributed by atoms with Gasteiger partial charge in [0.1, 0.15) is 12.2 Å². The van der Waals surface area contributed by atoms with Gasteiger partial charge in [-0.2, -0.15) is 0 Å². The van der Waals surface area contributed by atoms with Crippen molar-refractivity contribution < 1.29 is 18.9 Å². The monoisotopic (exact) mass is 425 g/mol. The van der Waals surface area contributed by atoms with Gasteiger partial charge in [0.15, 0.2) is 0 Å². The number of benzene rings is 2. The van der Waals surface area contributed by atoms with Crippen molar-refractivity contribution in [2.45, 2.75) is 39.3 Å². The molecule has 8 nitrogen and oxygen atoms in total. The molecule has 31 heavy (non-hydrogen) atoms. The summed E-state index contributed by atoms with van der Waals surface area (Å²) in [7, 11) is 0. The van der Waals surface area contributed by atoms with E-state index in [0.717, 1.165) is 11.1 Å². The van der Waals surface area contributed by atoms with E-state index in [1.807, 2.05) is 74.5 Å². The first-order valence-electron chi connectivity index (χ1n) is 10.1. The van der Waals surface area contributed by atoms with Crippen LogP contribution in [0.15, 0.2) is 65.5 Å². The molecule has 2 unspecified atom stereocenters. The van der Waals surface area contributed by atoms with E-state index >= 15 is 0 Å². The molecule has 0 aliphatic carbocycles. The molecule has 164 valence electrons. The van der Waals surface area contributed by atoms with E-state index in [4.69, 9.17) is 18.9 Å². The van der Waals surface area contributed by atoms with Crippen LogP contribution in [0.2, 0.25) is 0 Å². The van der Waals surface area contributed by atoms with Crippen molar-refractivity contribution in [3.05, 3.63) is 82.3 Å². The Morgan fingerprint density at radius 3 is 1.84 bits per heavy atom. The molecule has 1 heterocycles. The lowest BCUT2D eigenvalue weighted by molar-refractivity contribution is 0.0382. The lowest BCUT2D eigenvalue weighted by Gasteiger charge is -2.16. The van der Waals surface area contributed by atoms with Crippen LogP contribution in [0, 0.1) is 0 Å². The molecule has 1 N–H and O–H groups in total. The Morgan fingerprint density at radius 1 is 0.774 bits per heavy atom. The van der Waals surface area contributed by atoms with Gasteiger partial charge < -0.3 is 18.9 Å². The molecule has 0 aliphatic heterocycles. The van der Waals surface area contributed by atoms with Crippen LogP contribution in [0.25, 0.3) is 0 Å². The number of hydrogen-bond donors (Lipinski definition) is 1. The second-order valence-corrected chi connectivity index (χ2v) is 7.10. The van der Waals surface area contributed by atoms with Crippen molar-refractivity contribution in [3.8, 4) is 12.0 Å². The second kappa shape index (κ2) is 11.8. The number of aromatic amines is 1. The molecule has 1 aromatic heterocycles. The fourth-order valence-corrected chi connectivity index (χ4v) is 2.73. The zero-order valence-corrected chi connectivity index (χ0v) is 17.7. The van der Waals surface area contributed by atoms with E-state index in [1.54, 1.807) is 0 Å². The Bertz CT molecular complexity index is 891. The third-order valence-corrected chi connectivity index (χ3v) is 4.16. The summed E-state index contributed by atoms with van der Waals surface area (Å²) in [4.78, 5) is 22.2. The second-order valence-electron chi connectivity index (χ2n) is 7.10. The number of ether oxygens (including phenoxy) is 4. The number of H-pyrrole nitrogens is 1. The van der Waals surface area contributed by atoms with Gasteiger partial charge in [-0.1, -0.05) is 60.7 Å². The molecule has 8 heteroatoms. The third kappa shape index (κ3) is 8.19. The van der Waals surface area contributed by atoms with E-state index in [9.17, 15) is 4.79 Å². The molecule has 0 amide bonds. The van der Waals surface area contributed by atoms with Crippen LogP contribution in [0.5, 0.6) is 12.0 Å². The van der Waals surface area contributed by atoms with Gasteiger partial charge in [-0.05, 0) is 25.0 Å². The Labute approximate surface area is 181 Å². The number of nitrogens with one attached hydrogen (secondary N) is 1. The van der Waals surface area contributed by atoms with Crippen molar-refractivity contribution in [2.24, 2.45) is 0 Å². The van der Waals surface area contributed by atoms with Gasteiger partial charge in [-0.15, -0.1) is 9.97 Å². The van der Waals surface area contributed by atoms with Gasteiger partial charge in [0, 0.05) is 0 Å². The Morgan fingerprint density at radius 2 is 1.29 bits per heavy atom. The highest BCUT2D eigenvalue weighted by Crippen LogP contribution is 2.10. The number of aromatic nitrogens is 3. The molecule has 2 atom stereocenters. The molecule has 3 rings (SSSR count). The molecule has 3 aromatic rings. The summed E-state index contributed by atoms with van der Waals surface area (Å²) in [5.41, 5.74) is 1.54. The summed E-state index contributed by atoms with van der Waals surface area (Å²) in [6.45, 7) is 5.25. The predicted molar refractivity (Wildman–Crippen MR) is 115 cm³/mol. The summed E-state index contributed by atoms with van der Waals surface area (Å²) in [6, 6.07) is 19.7. The lowest BCUT2D eigenvalue weighted by Crippen LogP contribution is -2.25. The Balaban J connectivity index is 1.44. The first kappa shape index (κ1) is 22.5. The van der Waals surface area contributed by atoms with Gasteiger partial charge in [-0.3, -0.25) is 4.98 Å². The Kier molecular flexibility index (Phi) is 8.57. The van der Waals surface area contributed by atoms with Crippen molar-refractivity contribution in [1.82, 2.24) is 15.0 Å². The van der Waals surface area contributed by atoms with Crippen LogP contribution in [-0.2, 0) is 22.7 Å². The zero-order valence-electron chi connectivity index (χ0n) is 17.7. The van der Waals surface area contributed by atoms with E-state index in [1.165, 1.54) is 0 Å². The van der Waals surface area contributed by atoms with E-state index in [2.05, 4.69) is 15.0 Å². The molecule has 0 bridgehead atoms. The fourth-order valence-electron chi connectivity index (χ4n) is 2.73. The predicted octanol–water partition coefficient (Wildman–Crippen LogP) is 3.13. The van der Waals surface area contributed by atoms with Gasteiger partial charge in [0.25, 0.3) is 0 Å². The van der Waals surface area contributed by atoms with Crippen LogP contribution in [0.1, 0.15) is 25.0 Å². The normalized spacial score (nSPS) is 12.8. The smallest absolute Gasteiger partial charge is 0.353 e. The summed E-state index contributed by atoms with van der Waals surface area (Å²) in [5.74, 6) is 0. The molecule has 0 aliphatic rings. The maximum atomic E-state index is 11.8. The summed E-state index contributed by atoms with van der Waals surface area (Å²) in [5, 5.41) is 0. The van der Waals surface area contributed by atoms with Crippen LogP contribution >= 0.6 is 0 Å². The summed E-state index contributed by atoms with van der Waals surface area (Å²) >= 11 is 0. The van der Waals surface area contributed by atoms with Gasteiger partial charge in [0.05, 0.1) is 26.4 Å². The first-order chi connectivity index (χ1) is 15.1. The molecular weight excluding hydrogens is 398 g/mol. The van der Waals surface area contributed by atoms with Crippen molar-refractivity contribution in [2.75, 3.05) is 13.2 Å². The standard InChI is InChI=1S/C23H27N3O5/c1-17(13-28-15-19-9-5-3-6-10-19)30-22-24-21(27)25-23(26-22)31-18(2)14-29-16-20-11-7-4-8-12-20/h3-12,17-18H,13-16H2,1-2H3,(H,24,25,26,27).